The van der Waals surface area contributed by atoms with Gasteiger partial charge in [-0.05, 0) is 115 Å². The van der Waals surface area contributed by atoms with E-state index in [0.29, 0.717) is 42.6 Å². The van der Waals surface area contributed by atoms with E-state index in [0.717, 1.165) is 68.4 Å². The molecule has 1 aliphatic heterocycles. The first-order valence-corrected chi connectivity index (χ1v) is 15.3. The second kappa shape index (κ2) is 10.2. The summed E-state index contributed by atoms with van der Waals surface area (Å²) in [6.45, 7) is 7.60. The Morgan fingerprint density at radius 2 is 1.85 bits per heavy atom. The van der Waals surface area contributed by atoms with E-state index >= 15 is 0 Å². The van der Waals surface area contributed by atoms with Crippen molar-refractivity contribution in [2.24, 2.45) is 46.3 Å². The molecular formula is C32H47NO6. The van der Waals surface area contributed by atoms with Crippen molar-refractivity contribution in [1.82, 2.24) is 5.32 Å². The third-order valence-corrected chi connectivity index (χ3v) is 12.3. The third kappa shape index (κ3) is 4.57. The summed E-state index contributed by atoms with van der Waals surface area (Å²) in [5.74, 6) is 3.33. The SMILES string of the molecule is C[C@H](CCC(=O)NCc1ccc2c(c1)OCO2)[C@@H]1CC[C@@H]2[C@@H]3[C@H](O)C[C@H]4C[C@H](O)CC[C@]4(C)[C@@H]3C[C@H](O)[C@@]21C. The first kappa shape index (κ1) is 27.3. The molecule has 39 heavy (non-hydrogen) atoms. The highest BCUT2D eigenvalue weighted by molar-refractivity contribution is 5.75. The number of amides is 1. The molecule has 216 valence electrons. The minimum atomic E-state index is -0.395. The van der Waals surface area contributed by atoms with Gasteiger partial charge >= 0.3 is 0 Å². The van der Waals surface area contributed by atoms with E-state index in [1.54, 1.807) is 0 Å². The molecular weight excluding hydrogens is 494 g/mol. The molecule has 0 unspecified atom stereocenters. The summed E-state index contributed by atoms with van der Waals surface area (Å²) in [6, 6.07) is 5.75. The van der Waals surface area contributed by atoms with Crippen molar-refractivity contribution in [1.29, 1.82) is 0 Å². The van der Waals surface area contributed by atoms with Crippen LogP contribution in [-0.4, -0.2) is 46.3 Å². The number of fused-ring (bicyclic) bond motifs is 6. The zero-order valence-corrected chi connectivity index (χ0v) is 23.8. The van der Waals surface area contributed by atoms with Gasteiger partial charge in [-0.2, -0.15) is 0 Å². The number of hydrogen-bond donors (Lipinski definition) is 4. The second-order valence-corrected chi connectivity index (χ2v) is 14.0. The normalized spacial score (nSPS) is 43.2. The van der Waals surface area contributed by atoms with E-state index in [9.17, 15) is 20.1 Å². The van der Waals surface area contributed by atoms with E-state index in [-0.39, 0.29) is 41.7 Å². The van der Waals surface area contributed by atoms with Crippen LogP contribution in [0.25, 0.3) is 0 Å². The Morgan fingerprint density at radius 1 is 1.05 bits per heavy atom. The molecule has 4 N–H and O–H groups in total. The van der Waals surface area contributed by atoms with Crippen LogP contribution in [0, 0.1) is 46.3 Å². The Labute approximate surface area is 232 Å². The summed E-state index contributed by atoms with van der Waals surface area (Å²) in [4.78, 5) is 12.8. The van der Waals surface area contributed by atoms with Gasteiger partial charge in [0.15, 0.2) is 11.5 Å². The predicted octanol–water partition coefficient (Wildman–Crippen LogP) is 4.41. The van der Waals surface area contributed by atoms with Crippen molar-refractivity contribution in [3.05, 3.63) is 23.8 Å². The minimum Gasteiger partial charge on any atom is -0.454 e. The molecule has 1 aromatic rings. The molecule has 0 spiro atoms. The van der Waals surface area contributed by atoms with Crippen molar-refractivity contribution in [2.75, 3.05) is 6.79 Å². The Hall–Kier alpha value is -1.83. The summed E-state index contributed by atoms with van der Waals surface area (Å²) in [6.07, 6.45) is 6.48. The van der Waals surface area contributed by atoms with Gasteiger partial charge in [-0.1, -0.05) is 26.8 Å². The number of rotatable bonds is 6. The lowest BCUT2D eigenvalue weighted by molar-refractivity contribution is -0.207. The summed E-state index contributed by atoms with van der Waals surface area (Å²) >= 11 is 0. The van der Waals surface area contributed by atoms with Gasteiger partial charge in [0.2, 0.25) is 12.7 Å². The monoisotopic (exact) mass is 541 g/mol. The van der Waals surface area contributed by atoms with Crippen LogP contribution in [0.15, 0.2) is 18.2 Å². The molecule has 1 amide bonds. The molecule has 1 aromatic carbocycles. The van der Waals surface area contributed by atoms with Gasteiger partial charge < -0.3 is 30.1 Å². The van der Waals surface area contributed by atoms with E-state index in [2.05, 4.69) is 26.1 Å². The van der Waals surface area contributed by atoms with Gasteiger partial charge in [0.05, 0.1) is 18.3 Å². The number of aliphatic hydroxyl groups is 3. The standard InChI is InChI=1S/C32H47NO6/c1-18(4-9-29(37)33-16-19-5-8-26-27(12-19)39-17-38-26)22-6-7-23-30-24(15-28(36)32(22,23)3)31(2)11-10-21(34)13-20(31)14-25(30)35/h5,8,12,18,20-25,28,30,34-36H,4,6-7,9-11,13-17H2,1-3H3,(H,33,37)/t18-,20-,21-,22+,23-,24-,25-,28+,30+,31+,32-/m1/s1. The smallest absolute Gasteiger partial charge is 0.231 e. The van der Waals surface area contributed by atoms with E-state index in [1.807, 2.05) is 18.2 Å². The molecule has 6 rings (SSSR count). The number of carbonyl (C=O) groups is 1. The molecule has 1 heterocycles. The number of aliphatic hydroxyl groups excluding tert-OH is 3. The lowest BCUT2D eigenvalue weighted by Gasteiger charge is -2.63. The van der Waals surface area contributed by atoms with Crippen molar-refractivity contribution in [3.8, 4) is 11.5 Å². The van der Waals surface area contributed by atoms with Crippen molar-refractivity contribution in [2.45, 2.75) is 103 Å². The number of carbonyl (C=O) groups excluding carboxylic acids is 1. The Morgan fingerprint density at radius 3 is 2.67 bits per heavy atom. The molecule has 4 saturated carbocycles. The highest BCUT2D eigenvalue weighted by Crippen LogP contribution is 2.68. The quantitative estimate of drug-likeness (QED) is 0.425. The lowest BCUT2D eigenvalue weighted by Crippen LogP contribution is -2.62. The van der Waals surface area contributed by atoms with Gasteiger partial charge in [0.25, 0.3) is 0 Å². The maximum atomic E-state index is 12.8. The second-order valence-electron chi connectivity index (χ2n) is 14.0. The molecule has 4 aliphatic carbocycles. The molecule has 7 nitrogen and oxygen atoms in total. The summed E-state index contributed by atoms with van der Waals surface area (Å²) < 4.78 is 10.8. The number of nitrogens with one attached hydrogen (secondary N) is 1. The molecule has 0 bridgehead atoms. The first-order chi connectivity index (χ1) is 18.6. The molecule has 7 heteroatoms. The number of benzene rings is 1. The molecule has 4 fully saturated rings. The fraction of sp³-hybridized carbons (Fsp3) is 0.781. The van der Waals surface area contributed by atoms with Crippen molar-refractivity contribution < 1.29 is 29.6 Å². The van der Waals surface area contributed by atoms with Crippen LogP contribution >= 0.6 is 0 Å². The topological polar surface area (TPSA) is 108 Å². The fourth-order valence-corrected chi connectivity index (χ4v) is 10.0. The van der Waals surface area contributed by atoms with Crippen LogP contribution in [0.4, 0.5) is 0 Å². The molecule has 0 saturated heterocycles. The average Bonchev–Trinajstić information content (AvgIpc) is 3.52. The minimum absolute atomic E-state index is 0.0460. The predicted molar refractivity (Wildman–Crippen MR) is 147 cm³/mol. The Bertz CT molecular complexity index is 1080. The van der Waals surface area contributed by atoms with E-state index < -0.39 is 6.10 Å². The van der Waals surface area contributed by atoms with Gasteiger partial charge in [-0.3, -0.25) is 4.79 Å². The average molecular weight is 542 g/mol. The summed E-state index contributed by atoms with van der Waals surface area (Å²) in [7, 11) is 0. The zero-order chi connectivity index (χ0) is 27.5. The van der Waals surface area contributed by atoms with Gasteiger partial charge in [0.1, 0.15) is 0 Å². The highest BCUT2D eigenvalue weighted by Gasteiger charge is 2.65. The van der Waals surface area contributed by atoms with Crippen LogP contribution < -0.4 is 14.8 Å². The van der Waals surface area contributed by atoms with Crippen LogP contribution in [0.3, 0.4) is 0 Å². The molecule has 0 radical (unpaired) electrons. The molecule has 11 atom stereocenters. The largest absolute Gasteiger partial charge is 0.454 e. The van der Waals surface area contributed by atoms with Gasteiger partial charge in [0, 0.05) is 13.0 Å². The van der Waals surface area contributed by atoms with Gasteiger partial charge in [-0.15, -0.1) is 0 Å². The fourth-order valence-electron chi connectivity index (χ4n) is 10.0. The van der Waals surface area contributed by atoms with Crippen LogP contribution in [0.2, 0.25) is 0 Å². The molecule has 5 aliphatic rings. The maximum Gasteiger partial charge on any atom is 0.231 e. The van der Waals surface area contributed by atoms with Crippen LogP contribution in [0.1, 0.15) is 84.1 Å². The van der Waals surface area contributed by atoms with E-state index in [1.165, 1.54) is 0 Å². The zero-order valence-electron chi connectivity index (χ0n) is 23.8. The van der Waals surface area contributed by atoms with Gasteiger partial charge in [-0.25, -0.2) is 0 Å². The summed E-state index contributed by atoms with van der Waals surface area (Å²) in [5.41, 5.74) is 0.841. The summed E-state index contributed by atoms with van der Waals surface area (Å²) in [5, 5.41) is 36.6. The first-order valence-electron chi connectivity index (χ1n) is 15.3. The van der Waals surface area contributed by atoms with Crippen molar-refractivity contribution in [3.63, 3.8) is 0 Å². The number of hydrogen-bond acceptors (Lipinski definition) is 6. The Kier molecular flexibility index (Phi) is 7.16. The highest BCUT2D eigenvalue weighted by atomic mass is 16.7. The lowest BCUT2D eigenvalue weighted by atomic mass is 9.43. The Balaban J connectivity index is 1.08. The van der Waals surface area contributed by atoms with Crippen LogP contribution in [0.5, 0.6) is 11.5 Å². The van der Waals surface area contributed by atoms with Crippen molar-refractivity contribution >= 4 is 5.91 Å². The molecule has 0 aromatic heterocycles. The van der Waals surface area contributed by atoms with Crippen LogP contribution in [-0.2, 0) is 11.3 Å². The number of ether oxygens (including phenoxy) is 2. The maximum absolute atomic E-state index is 12.8. The van der Waals surface area contributed by atoms with E-state index in [4.69, 9.17) is 9.47 Å². The third-order valence-electron chi connectivity index (χ3n) is 12.3.